The Kier molecular flexibility index (Phi) is 3.44. The summed E-state index contributed by atoms with van der Waals surface area (Å²) in [5, 5.41) is 2.47. The van der Waals surface area contributed by atoms with Crippen LogP contribution >= 0.6 is 11.6 Å². The Morgan fingerprint density at radius 3 is 2.76 bits per heavy atom. The summed E-state index contributed by atoms with van der Waals surface area (Å²) in [6.45, 7) is 0. The van der Waals surface area contributed by atoms with Crippen LogP contribution in [-0.4, -0.2) is 24.5 Å². The van der Waals surface area contributed by atoms with Crippen molar-refractivity contribution in [2.24, 2.45) is 0 Å². The molecule has 9 heteroatoms. The lowest BCUT2D eigenvalue weighted by molar-refractivity contribution is 0.511. The number of nitrogens with zero attached hydrogens (tertiary/aromatic N) is 5. The van der Waals surface area contributed by atoms with Crippen molar-refractivity contribution < 1.29 is 8.78 Å². The van der Waals surface area contributed by atoms with Crippen molar-refractivity contribution in [1.29, 1.82) is 0 Å². The Hall–Kier alpha value is -2.61. The summed E-state index contributed by atoms with van der Waals surface area (Å²) >= 11 is 5.80. The van der Waals surface area contributed by atoms with Crippen molar-refractivity contribution in [2.45, 2.75) is 0 Å². The number of halogens is 3. The molecule has 3 aromatic rings. The number of hydrogen-bond donors (Lipinski definition) is 1. The fourth-order valence-corrected chi connectivity index (χ4v) is 1.76. The Morgan fingerprint density at radius 1 is 1.14 bits per heavy atom. The van der Waals surface area contributed by atoms with Crippen LogP contribution in [0.2, 0.25) is 5.28 Å². The highest BCUT2D eigenvalue weighted by molar-refractivity contribution is 6.28. The maximum Gasteiger partial charge on any atom is 0.241 e. The molecule has 2 aromatic heterocycles. The second-order valence-electron chi connectivity index (χ2n) is 3.92. The quantitative estimate of drug-likeness (QED) is 0.805. The van der Waals surface area contributed by atoms with E-state index in [4.69, 9.17) is 11.6 Å². The van der Waals surface area contributed by atoms with Crippen LogP contribution in [0.1, 0.15) is 0 Å². The van der Waals surface area contributed by atoms with E-state index in [-0.39, 0.29) is 22.9 Å². The van der Waals surface area contributed by atoms with Gasteiger partial charge in [-0.2, -0.15) is 15.0 Å². The Morgan fingerprint density at radius 2 is 2.00 bits per heavy atom. The highest BCUT2D eigenvalue weighted by Gasteiger charge is 2.11. The van der Waals surface area contributed by atoms with Crippen LogP contribution in [0.5, 0.6) is 0 Å². The number of rotatable bonds is 3. The third-order valence-corrected chi connectivity index (χ3v) is 2.70. The predicted molar refractivity (Wildman–Crippen MR) is 71.6 cm³/mol. The molecular formula is C12H7ClF2N6. The maximum absolute atomic E-state index is 13.6. The summed E-state index contributed by atoms with van der Waals surface area (Å²) in [6.07, 6.45) is 4.62. The van der Waals surface area contributed by atoms with E-state index < -0.39 is 11.6 Å². The van der Waals surface area contributed by atoms with Crippen molar-refractivity contribution >= 4 is 23.2 Å². The van der Waals surface area contributed by atoms with Crippen molar-refractivity contribution in [1.82, 2.24) is 24.5 Å². The molecule has 6 nitrogen and oxygen atoms in total. The SMILES string of the molecule is Fc1cccc(Nc2nc(Cl)nc(-n3ccnc3)n2)c1F. The van der Waals surface area contributed by atoms with Crippen molar-refractivity contribution in [3.8, 4) is 5.95 Å². The van der Waals surface area contributed by atoms with Gasteiger partial charge in [0.1, 0.15) is 6.33 Å². The second-order valence-corrected chi connectivity index (χ2v) is 4.26. The minimum atomic E-state index is -1.03. The highest BCUT2D eigenvalue weighted by atomic mass is 35.5. The van der Waals surface area contributed by atoms with Crippen molar-refractivity contribution in [3.05, 3.63) is 53.8 Å². The molecule has 0 aliphatic rings. The Bertz CT molecular complexity index is 777. The molecule has 2 heterocycles. The van der Waals surface area contributed by atoms with Gasteiger partial charge in [-0.25, -0.2) is 13.8 Å². The van der Waals surface area contributed by atoms with Crippen LogP contribution in [0.25, 0.3) is 5.95 Å². The summed E-state index contributed by atoms with van der Waals surface area (Å²) in [5.41, 5.74) is -0.103. The van der Waals surface area contributed by atoms with Gasteiger partial charge < -0.3 is 5.32 Å². The summed E-state index contributed by atoms with van der Waals surface area (Å²) in [6, 6.07) is 3.73. The first-order chi connectivity index (χ1) is 10.1. The first-order valence-corrected chi connectivity index (χ1v) is 6.12. The average Bonchev–Trinajstić information content (AvgIpc) is 2.97. The first kappa shape index (κ1) is 13.4. The van der Waals surface area contributed by atoms with Crippen molar-refractivity contribution in [2.75, 3.05) is 5.32 Å². The number of benzene rings is 1. The zero-order valence-corrected chi connectivity index (χ0v) is 11.1. The molecular weight excluding hydrogens is 302 g/mol. The lowest BCUT2D eigenvalue weighted by Gasteiger charge is -2.08. The zero-order chi connectivity index (χ0) is 14.8. The van der Waals surface area contributed by atoms with Crippen LogP contribution < -0.4 is 5.32 Å². The molecule has 0 aliphatic carbocycles. The third kappa shape index (κ3) is 2.79. The van der Waals surface area contributed by atoms with Crippen LogP contribution in [0.4, 0.5) is 20.4 Å². The normalized spacial score (nSPS) is 10.6. The van der Waals surface area contributed by atoms with E-state index in [0.717, 1.165) is 6.07 Å². The van der Waals surface area contributed by atoms with Crippen LogP contribution in [0.15, 0.2) is 36.9 Å². The summed E-state index contributed by atoms with van der Waals surface area (Å²) in [4.78, 5) is 15.7. The molecule has 0 spiro atoms. The molecule has 0 aliphatic heterocycles. The predicted octanol–water partition coefficient (Wildman–Crippen LogP) is 2.73. The van der Waals surface area contributed by atoms with E-state index in [9.17, 15) is 8.78 Å². The molecule has 0 amide bonds. The van der Waals surface area contributed by atoms with E-state index in [2.05, 4.69) is 25.3 Å². The Balaban J connectivity index is 1.98. The average molecular weight is 309 g/mol. The second kappa shape index (κ2) is 5.41. The molecule has 0 unspecified atom stereocenters. The first-order valence-electron chi connectivity index (χ1n) is 5.74. The van der Waals surface area contributed by atoms with Gasteiger partial charge in [0.15, 0.2) is 11.6 Å². The monoisotopic (exact) mass is 308 g/mol. The molecule has 0 fully saturated rings. The number of aromatic nitrogens is 5. The molecule has 106 valence electrons. The van der Waals surface area contributed by atoms with Crippen molar-refractivity contribution in [3.63, 3.8) is 0 Å². The van der Waals surface area contributed by atoms with E-state index in [1.807, 2.05) is 0 Å². The third-order valence-electron chi connectivity index (χ3n) is 2.53. The minimum Gasteiger partial charge on any atom is -0.321 e. The van der Waals surface area contributed by atoms with Gasteiger partial charge >= 0.3 is 0 Å². The fraction of sp³-hybridized carbons (Fsp3) is 0. The molecule has 1 aromatic carbocycles. The number of anilines is 2. The zero-order valence-electron chi connectivity index (χ0n) is 10.3. The molecule has 1 N–H and O–H groups in total. The maximum atomic E-state index is 13.6. The minimum absolute atomic E-state index is 0.0109. The van der Waals surface area contributed by atoms with Gasteiger partial charge in [0.25, 0.3) is 0 Å². The van der Waals surface area contributed by atoms with Crippen LogP contribution in [-0.2, 0) is 0 Å². The van der Waals surface area contributed by atoms with E-state index >= 15 is 0 Å². The van der Waals surface area contributed by atoms with Gasteiger partial charge in [0.05, 0.1) is 5.69 Å². The van der Waals surface area contributed by atoms with E-state index in [0.29, 0.717) is 0 Å². The Labute approximate surface area is 122 Å². The lowest BCUT2D eigenvalue weighted by atomic mass is 10.3. The number of hydrogen-bond acceptors (Lipinski definition) is 5. The number of nitrogens with one attached hydrogen (secondary N) is 1. The van der Waals surface area contributed by atoms with E-state index in [1.54, 1.807) is 6.20 Å². The topological polar surface area (TPSA) is 68.5 Å². The smallest absolute Gasteiger partial charge is 0.241 e. The molecule has 0 saturated carbocycles. The molecule has 0 bridgehead atoms. The number of imidazole rings is 1. The van der Waals surface area contributed by atoms with Gasteiger partial charge in [0.2, 0.25) is 17.2 Å². The largest absolute Gasteiger partial charge is 0.321 e. The summed E-state index contributed by atoms with van der Waals surface area (Å²) in [5.74, 6) is -1.82. The summed E-state index contributed by atoms with van der Waals surface area (Å²) in [7, 11) is 0. The van der Waals surface area contributed by atoms with Gasteiger partial charge in [-0.15, -0.1) is 0 Å². The summed E-state index contributed by atoms with van der Waals surface area (Å²) < 4.78 is 28.3. The molecule has 21 heavy (non-hydrogen) atoms. The molecule has 0 atom stereocenters. The van der Waals surface area contributed by atoms with Crippen LogP contribution in [0.3, 0.4) is 0 Å². The fourth-order valence-electron chi connectivity index (χ4n) is 1.61. The van der Waals surface area contributed by atoms with E-state index in [1.165, 1.54) is 29.2 Å². The standard InChI is InChI=1S/C12H7ClF2N6/c13-10-18-11(17-8-3-1-2-7(14)9(8)15)20-12(19-10)21-5-4-16-6-21/h1-6H,(H,17,18,19,20). The van der Waals surface area contributed by atoms with Gasteiger partial charge in [-0.1, -0.05) is 6.07 Å². The van der Waals surface area contributed by atoms with Gasteiger partial charge in [-0.3, -0.25) is 4.57 Å². The highest BCUT2D eigenvalue weighted by Crippen LogP contribution is 2.20. The molecule has 0 saturated heterocycles. The molecule has 0 radical (unpaired) electrons. The van der Waals surface area contributed by atoms with Crippen LogP contribution in [0, 0.1) is 11.6 Å². The lowest BCUT2D eigenvalue weighted by Crippen LogP contribution is -2.06. The molecule has 3 rings (SSSR count). The van der Waals surface area contributed by atoms with Gasteiger partial charge in [-0.05, 0) is 23.7 Å². The van der Waals surface area contributed by atoms with Gasteiger partial charge in [0, 0.05) is 12.4 Å².